The van der Waals surface area contributed by atoms with Crippen molar-refractivity contribution in [2.45, 2.75) is 32.4 Å². The quantitative estimate of drug-likeness (QED) is 0.262. The van der Waals surface area contributed by atoms with Gasteiger partial charge in [-0.3, -0.25) is 4.90 Å². The van der Waals surface area contributed by atoms with Gasteiger partial charge in [-0.05, 0) is 60.3 Å². The van der Waals surface area contributed by atoms with E-state index < -0.39 is 6.43 Å². The summed E-state index contributed by atoms with van der Waals surface area (Å²) in [5.74, 6) is 1.01. The van der Waals surface area contributed by atoms with E-state index in [1.165, 1.54) is 17.7 Å². The fraction of sp³-hybridized carbons (Fsp3) is 0.355. The van der Waals surface area contributed by atoms with Crippen molar-refractivity contribution in [3.8, 4) is 0 Å². The second kappa shape index (κ2) is 13.8. The molecule has 0 bridgehead atoms. The van der Waals surface area contributed by atoms with Crippen LogP contribution in [0, 0.1) is 0 Å². The van der Waals surface area contributed by atoms with Gasteiger partial charge in [0.25, 0.3) is 6.43 Å². The van der Waals surface area contributed by atoms with Crippen LogP contribution in [0.2, 0.25) is 0 Å². The van der Waals surface area contributed by atoms with E-state index in [-0.39, 0.29) is 12.1 Å². The van der Waals surface area contributed by atoms with E-state index in [2.05, 4.69) is 91.0 Å². The topological polar surface area (TPSA) is 34.4 Å². The Bertz CT molecular complexity index is 1230. The molecule has 1 saturated heterocycles. The van der Waals surface area contributed by atoms with E-state index in [1.807, 2.05) is 30.1 Å². The number of halogens is 2. The van der Waals surface area contributed by atoms with Crippen LogP contribution >= 0.6 is 11.9 Å². The first kappa shape index (κ1) is 27.5. The summed E-state index contributed by atoms with van der Waals surface area (Å²) in [5, 5.41) is 7.61. The van der Waals surface area contributed by atoms with Crippen molar-refractivity contribution in [3.63, 3.8) is 0 Å². The first-order valence-corrected chi connectivity index (χ1v) is 14.5. The highest BCUT2D eigenvalue weighted by molar-refractivity contribution is 8.00. The Morgan fingerprint density at radius 1 is 0.769 bits per heavy atom. The van der Waals surface area contributed by atoms with Crippen LogP contribution in [0.1, 0.15) is 29.5 Å². The van der Waals surface area contributed by atoms with Crippen LogP contribution in [0.5, 0.6) is 0 Å². The summed E-state index contributed by atoms with van der Waals surface area (Å²) < 4.78 is 28.2. The molecule has 3 aromatic rings. The highest BCUT2D eigenvalue weighted by atomic mass is 32.2. The highest BCUT2D eigenvalue weighted by Gasteiger charge is 2.22. The third kappa shape index (κ3) is 7.97. The zero-order valence-electron chi connectivity index (χ0n) is 22.1. The fourth-order valence-electron chi connectivity index (χ4n) is 4.95. The smallest absolute Gasteiger partial charge is 0.278 e. The van der Waals surface area contributed by atoms with Crippen molar-refractivity contribution < 1.29 is 8.78 Å². The third-order valence-corrected chi connectivity index (χ3v) is 8.16. The molecule has 1 fully saturated rings. The number of alkyl halides is 2. The van der Waals surface area contributed by atoms with Crippen molar-refractivity contribution in [3.05, 3.63) is 102 Å². The first-order valence-electron chi connectivity index (χ1n) is 13.6. The van der Waals surface area contributed by atoms with Crippen LogP contribution in [-0.4, -0.2) is 66.1 Å². The van der Waals surface area contributed by atoms with Gasteiger partial charge in [-0.25, -0.2) is 8.78 Å². The van der Waals surface area contributed by atoms with Crippen LogP contribution in [0.15, 0.2) is 95.1 Å². The average Bonchev–Trinajstić information content (AvgIpc) is 3.37. The normalized spacial score (nSPS) is 16.7. The molecule has 0 spiro atoms. The Hall–Kier alpha value is -3.07. The highest BCUT2D eigenvalue weighted by Crippen LogP contribution is 2.26. The van der Waals surface area contributed by atoms with Crippen molar-refractivity contribution >= 4 is 29.1 Å². The zero-order valence-corrected chi connectivity index (χ0v) is 22.9. The van der Waals surface area contributed by atoms with E-state index in [1.54, 1.807) is 0 Å². The van der Waals surface area contributed by atoms with E-state index >= 15 is 0 Å². The van der Waals surface area contributed by atoms with E-state index in [4.69, 9.17) is 0 Å². The summed E-state index contributed by atoms with van der Waals surface area (Å²) in [5.41, 5.74) is 5.01. The van der Waals surface area contributed by atoms with Crippen LogP contribution in [-0.2, 0) is 13.1 Å². The molecule has 2 aliphatic rings. The van der Waals surface area contributed by atoms with Gasteiger partial charge < -0.3 is 9.21 Å². The molecule has 0 amide bonds. The maximum Gasteiger partial charge on any atom is 0.278 e. The number of benzene rings is 3. The fourth-order valence-corrected chi connectivity index (χ4v) is 6.02. The van der Waals surface area contributed by atoms with Crippen LogP contribution in [0.4, 0.5) is 14.5 Å². The Labute approximate surface area is 234 Å². The predicted molar refractivity (Wildman–Crippen MR) is 159 cm³/mol. The van der Waals surface area contributed by atoms with Gasteiger partial charge in [-0.2, -0.15) is 10.2 Å². The minimum atomic E-state index is -2.55. The molecular formula is C31H35F2N5S. The molecule has 0 saturated carbocycles. The Balaban J connectivity index is 1.14. The molecule has 0 atom stereocenters. The number of rotatable bonds is 11. The molecule has 0 aromatic heterocycles. The molecule has 0 N–H and O–H groups in total. The monoisotopic (exact) mass is 547 g/mol. The third-order valence-electron chi connectivity index (χ3n) is 7.14. The van der Waals surface area contributed by atoms with E-state index in [9.17, 15) is 8.78 Å². The van der Waals surface area contributed by atoms with Crippen LogP contribution in [0.3, 0.4) is 0 Å². The van der Waals surface area contributed by atoms with Crippen molar-refractivity contribution in [2.75, 3.05) is 42.8 Å². The summed E-state index contributed by atoms with van der Waals surface area (Å²) >= 11 is 1.86. The minimum absolute atomic E-state index is 0.115. The molecule has 0 aliphatic carbocycles. The zero-order chi connectivity index (χ0) is 26.9. The molecule has 8 heteroatoms. The lowest BCUT2D eigenvalue weighted by Crippen LogP contribution is -2.32. The summed E-state index contributed by atoms with van der Waals surface area (Å²) in [6.45, 7) is 7.32. The van der Waals surface area contributed by atoms with Gasteiger partial charge in [0.2, 0.25) is 0 Å². The summed E-state index contributed by atoms with van der Waals surface area (Å²) in [6.07, 6.45) is -1.24. The Morgan fingerprint density at radius 3 is 2.18 bits per heavy atom. The summed E-state index contributed by atoms with van der Waals surface area (Å²) in [6, 6.07) is 29.3. The first-order chi connectivity index (χ1) is 19.1. The van der Waals surface area contributed by atoms with E-state index in [0.29, 0.717) is 5.71 Å². The predicted octanol–water partition coefficient (Wildman–Crippen LogP) is 6.36. The lowest BCUT2D eigenvalue weighted by Gasteiger charge is -2.26. The van der Waals surface area contributed by atoms with Crippen molar-refractivity contribution in [2.24, 2.45) is 10.2 Å². The molecule has 2 heterocycles. The SMILES string of the molecule is FC(F)C1=NN=C(c2ccc(CN(SCCN3CCCN(Cc4ccccc4)CC3)c3ccccc3)cc2)C1. The van der Waals surface area contributed by atoms with Gasteiger partial charge in [0.05, 0.1) is 12.3 Å². The second-order valence-corrected chi connectivity index (χ2v) is 11.1. The maximum atomic E-state index is 12.9. The summed E-state index contributed by atoms with van der Waals surface area (Å²) in [4.78, 5) is 5.16. The molecule has 5 nitrogen and oxygen atoms in total. The minimum Gasteiger partial charge on any atom is -0.312 e. The standard InChI is InChI=1S/C31H35F2N5S/c32-31(33)30-22-29(34-35-30)27-14-12-26(13-15-27)24-38(28-10-5-2-6-11-28)39-21-20-36-16-7-17-37(19-18-36)23-25-8-3-1-4-9-25/h1-6,8-15,31H,7,16-24H2. The van der Waals surface area contributed by atoms with Crippen molar-refractivity contribution in [1.29, 1.82) is 0 Å². The van der Waals surface area contributed by atoms with Gasteiger partial charge in [-0.15, -0.1) is 0 Å². The number of nitrogens with zero attached hydrogens (tertiary/aromatic N) is 5. The second-order valence-electron chi connectivity index (χ2n) is 9.97. The summed E-state index contributed by atoms with van der Waals surface area (Å²) in [7, 11) is 0. The largest absolute Gasteiger partial charge is 0.312 e. The van der Waals surface area contributed by atoms with Crippen LogP contribution < -0.4 is 4.31 Å². The molecular weight excluding hydrogens is 512 g/mol. The molecule has 3 aromatic carbocycles. The lowest BCUT2D eigenvalue weighted by atomic mass is 10.0. The lowest BCUT2D eigenvalue weighted by molar-refractivity contribution is 0.224. The van der Waals surface area contributed by atoms with Gasteiger partial charge in [0, 0.05) is 44.0 Å². The molecule has 0 unspecified atom stereocenters. The van der Waals surface area contributed by atoms with Gasteiger partial charge >= 0.3 is 0 Å². The molecule has 2 aliphatic heterocycles. The molecule has 5 rings (SSSR count). The Kier molecular flexibility index (Phi) is 9.75. The van der Waals surface area contributed by atoms with Crippen LogP contribution in [0.25, 0.3) is 0 Å². The average molecular weight is 548 g/mol. The van der Waals surface area contributed by atoms with Gasteiger partial charge in [-0.1, -0.05) is 72.8 Å². The van der Waals surface area contributed by atoms with Gasteiger partial charge in [0.1, 0.15) is 5.71 Å². The molecule has 39 heavy (non-hydrogen) atoms. The number of anilines is 1. The number of para-hydroxylation sites is 1. The van der Waals surface area contributed by atoms with Crippen molar-refractivity contribution in [1.82, 2.24) is 9.80 Å². The van der Waals surface area contributed by atoms with E-state index in [0.717, 1.165) is 62.7 Å². The number of hydrogen-bond donors (Lipinski definition) is 0. The molecule has 204 valence electrons. The Morgan fingerprint density at radius 2 is 1.46 bits per heavy atom. The van der Waals surface area contributed by atoms with Gasteiger partial charge in [0.15, 0.2) is 0 Å². The number of hydrogen-bond acceptors (Lipinski definition) is 6. The molecule has 0 radical (unpaired) electrons. The maximum absolute atomic E-state index is 12.9.